The summed E-state index contributed by atoms with van der Waals surface area (Å²) in [5, 5.41) is 0. The van der Waals surface area contributed by atoms with E-state index in [0.29, 0.717) is 33.8 Å². The quantitative estimate of drug-likeness (QED) is 0.378. The van der Waals surface area contributed by atoms with Gasteiger partial charge in [0.25, 0.3) is 0 Å². The van der Waals surface area contributed by atoms with E-state index in [2.05, 4.69) is 0 Å². The van der Waals surface area contributed by atoms with Gasteiger partial charge in [0, 0.05) is 22.3 Å². The van der Waals surface area contributed by atoms with Gasteiger partial charge in [0.15, 0.2) is 9.84 Å². The normalized spacial score (nSPS) is 12.4. The molecule has 0 saturated heterocycles. The zero-order valence-corrected chi connectivity index (χ0v) is 18.6. The summed E-state index contributed by atoms with van der Waals surface area (Å²) in [6.07, 6.45) is 1.60. The van der Waals surface area contributed by atoms with E-state index in [9.17, 15) is 13.2 Å². The molecule has 166 valence electrons. The molecule has 0 fully saturated rings. The zero-order valence-electron chi connectivity index (χ0n) is 17.8. The average Bonchev–Trinajstić information content (AvgIpc) is 3.33. The maximum absolute atomic E-state index is 13.2. The predicted molar refractivity (Wildman–Crippen MR) is 123 cm³/mol. The first-order valence-corrected chi connectivity index (χ1v) is 12.0. The lowest BCUT2D eigenvalue weighted by atomic mass is 9.90. The summed E-state index contributed by atoms with van der Waals surface area (Å²) in [6, 6.07) is 20.7. The van der Waals surface area contributed by atoms with E-state index in [1.807, 2.05) is 12.1 Å². The minimum atomic E-state index is -3.65. The second-order valence-corrected chi connectivity index (χ2v) is 9.62. The van der Waals surface area contributed by atoms with E-state index >= 15 is 0 Å². The maximum atomic E-state index is 13.2. The van der Waals surface area contributed by atoms with Gasteiger partial charge in [-0.05, 0) is 29.8 Å². The van der Waals surface area contributed by atoms with E-state index in [0.717, 1.165) is 11.1 Å². The molecule has 0 unspecified atom stereocenters. The first kappa shape index (κ1) is 21.0. The molecule has 33 heavy (non-hydrogen) atoms. The number of carbonyl (C=O) groups excluding carboxylic acids is 1. The topological polar surface area (TPSA) is 82.8 Å². The van der Waals surface area contributed by atoms with E-state index in [4.69, 9.17) is 13.9 Å². The first-order chi connectivity index (χ1) is 16.0. The van der Waals surface area contributed by atoms with Gasteiger partial charge in [-0.1, -0.05) is 48.5 Å². The van der Waals surface area contributed by atoms with E-state index in [1.54, 1.807) is 66.9 Å². The Morgan fingerprint density at radius 1 is 0.909 bits per heavy atom. The Kier molecular flexibility index (Phi) is 5.26. The van der Waals surface area contributed by atoms with Crippen molar-refractivity contribution < 1.29 is 27.1 Å². The highest BCUT2D eigenvalue weighted by Crippen LogP contribution is 2.47. The van der Waals surface area contributed by atoms with Crippen LogP contribution in [0.15, 0.2) is 88.4 Å². The number of hydrogen-bond acceptors (Lipinski definition) is 6. The molecule has 4 aromatic rings. The Labute approximate surface area is 191 Å². The molecule has 2 heterocycles. The summed E-state index contributed by atoms with van der Waals surface area (Å²) in [4.78, 5) is 12.8. The molecule has 5 rings (SSSR count). The van der Waals surface area contributed by atoms with Crippen molar-refractivity contribution >= 4 is 15.8 Å². The van der Waals surface area contributed by atoms with Crippen LogP contribution < -0.4 is 4.74 Å². The number of sulfone groups is 1. The molecular weight excluding hydrogens is 440 g/mol. The van der Waals surface area contributed by atoms with Crippen LogP contribution in [0.5, 0.6) is 5.75 Å². The number of carbonyl (C=O) groups is 1. The molecule has 0 aliphatic carbocycles. The maximum Gasteiger partial charge on any atom is 0.338 e. The van der Waals surface area contributed by atoms with Crippen LogP contribution in [0.2, 0.25) is 0 Å². The van der Waals surface area contributed by atoms with Crippen molar-refractivity contribution in [2.45, 2.75) is 17.3 Å². The molecule has 3 aromatic carbocycles. The summed E-state index contributed by atoms with van der Waals surface area (Å²) < 4.78 is 43.1. The summed E-state index contributed by atoms with van der Waals surface area (Å²) >= 11 is 0. The van der Waals surface area contributed by atoms with Gasteiger partial charge in [-0.15, -0.1) is 0 Å². The molecule has 0 saturated carbocycles. The SMILES string of the molecule is COC(=O)c1ccccc1-c1c(CS(=O)(=O)c2ccccc2)ccc2c1OCc1occc1-2. The Hall–Kier alpha value is -3.84. The van der Waals surface area contributed by atoms with Crippen LogP contribution in [0.4, 0.5) is 0 Å². The number of esters is 1. The lowest BCUT2D eigenvalue weighted by molar-refractivity contribution is 0.0601. The van der Waals surface area contributed by atoms with Crippen molar-refractivity contribution in [3.63, 3.8) is 0 Å². The highest BCUT2D eigenvalue weighted by Gasteiger charge is 2.29. The summed E-state index contributed by atoms with van der Waals surface area (Å²) in [7, 11) is -2.33. The van der Waals surface area contributed by atoms with Crippen molar-refractivity contribution in [1.29, 1.82) is 0 Å². The van der Waals surface area contributed by atoms with Crippen LogP contribution in [0.1, 0.15) is 21.7 Å². The van der Waals surface area contributed by atoms with Crippen molar-refractivity contribution in [3.05, 3.63) is 95.9 Å². The van der Waals surface area contributed by atoms with Gasteiger partial charge in [0.2, 0.25) is 0 Å². The van der Waals surface area contributed by atoms with Gasteiger partial charge >= 0.3 is 5.97 Å². The molecule has 6 nitrogen and oxygen atoms in total. The fourth-order valence-corrected chi connectivity index (χ4v) is 5.52. The Morgan fingerprint density at radius 2 is 1.67 bits per heavy atom. The van der Waals surface area contributed by atoms with Crippen molar-refractivity contribution in [3.8, 4) is 28.0 Å². The molecule has 0 spiro atoms. The van der Waals surface area contributed by atoms with Crippen molar-refractivity contribution in [2.24, 2.45) is 0 Å². The lowest BCUT2D eigenvalue weighted by Crippen LogP contribution is -2.11. The second-order valence-electron chi connectivity index (χ2n) is 7.63. The number of furan rings is 1. The minimum absolute atomic E-state index is 0.206. The molecule has 0 radical (unpaired) electrons. The fourth-order valence-electron chi connectivity index (χ4n) is 4.14. The predicted octanol–water partition coefficient (Wildman–Crippen LogP) is 5.27. The van der Waals surface area contributed by atoms with Crippen LogP contribution in [0.3, 0.4) is 0 Å². The summed E-state index contributed by atoms with van der Waals surface area (Å²) in [5.74, 6) is 0.441. The number of hydrogen-bond donors (Lipinski definition) is 0. The third kappa shape index (κ3) is 3.70. The van der Waals surface area contributed by atoms with Crippen molar-refractivity contribution in [1.82, 2.24) is 0 Å². The van der Waals surface area contributed by atoms with E-state index in [1.165, 1.54) is 7.11 Å². The highest BCUT2D eigenvalue weighted by molar-refractivity contribution is 7.90. The van der Waals surface area contributed by atoms with Crippen LogP contribution in [-0.4, -0.2) is 21.5 Å². The largest absolute Gasteiger partial charge is 0.484 e. The molecule has 7 heteroatoms. The van der Waals surface area contributed by atoms with Gasteiger partial charge in [0.05, 0.1) is 29.6 Å². The number of methoxy groups -OCH3 is 1. The van der Waals surface area contributed by atoms with Gasteiger partial charge in [-0.25, -0.2) is 13.2 Å². The molecule has 0 amide bonds. The fraction of sp³-hybridized carbons (Fsp3) is 0.115. The lowest BCUT2D eigenvalue weighted by Gasteiger charge is -2.23. The molecule has 1 aliphatic rings. The first-order valence-electron chi connectivity index (χ1n) is 10.3. The number of fused-ring (bicyclic) bond motifs is 3. The standard InChI is InChI=1S/C26H20O6S/c1-30-26(27)22-10-6-5-9-20(22)24-17(16-33(28,29)18-7-3-2-4-8-18)11-12-21-19-13-14-31-23(19)15-32-25(21)24/h2-14H,15-16H2,1H3. The Bertz CT molecular complexity index is 1450. The van der Waals surface area contributed by atoms with Gasteiger partial charge in [-0.2, -0.15) is 0 Å². The van der Waals surface area contributed by atoms with Crippen LogP contribution in [0, 0.1) is 0 Å². The van der Waals surface area contributed by atoms with Crippen LogP contribution in [0.25, 0.3) is 22.3 Å². The number of benzene rings is 3. The Morgan fingerprint density at radius 3 is 2.45 bits per heavy atom. The third-order valence-electron chi connectivity index (χ3n) is 5.68. The van der Waals surface area contributed by atoms with E-state index in [-0.39, 0.29) is 17.3 Å². The number of rotatable bonds is 5. The van der Waals surface area contributed by atoms with Gasteiger partial charge in [-0.3, -0.25) is 0 Å². The molecule has 0 atom stereocenters. The zero-order chi connectivity index (χ0) is 23.0. The summed E-state index contributed by atoms with van der Waals surface area (Å²) in [6.45, 7) is 0.206. The van der Waals surface area contributed by atoms with Crippen LogP contribution >= 0.6 is 0 Å². The van der Waals surface area contributed by atoms with Gasteiger partial charge in [0.1, 0.15) is 18.1 Å². The molecular formula is C26H20O6S. The van der Waals surface area contributed by atoms with Crippen molar-refractivity contribution in [2.75, 3.05) is 7.11 Å². The minimum Gasteiger partial charge on any atom is -0.484 e. The smallest absolute Gasteiger partial charge is 0.338 e. The van der Waals surface area contributed by atoms with Crippen LogP contribution in [-0.2, 0) is 26.9 Å². The second kappa shape index (κ2) is 8.26. The van der Waals surface area contributed by atoms with E-state index < -0.39 is 15.8 Å². The third-order valence-corrected chi connectivity index (χ3v) is 7.36. The van der Waals surface area contributed by atoms with Gasteiger partial charge < -0.3 is 13.9 Å². The molecule has 0 N–H and O–H groups in total. The molecule has 0 bridgehead atoms. The molecule has 1 aromatic heterocycles. The Balaban J connectivity index is 1.75. The monoisotopic (exact) mass is 460 g/mol. The highest BCUT2D eigenvalue weighted by atomic mass is 32.2. The summed E-state index contributed by atoms with van der Waals surface area (Å²) in [5.41, 5.74) is 3.62. The molecule has 1 aliphatic heterocycles. The average molecular weight is 461 g/mol. The number of ether oxygens (including phenoxy) is 2.